The lowest BCUT2D eigenvalue weighted by Crippen LogP contribution is -2.41. The summed E-state index contributed by atoms with van der Waals surface area (Å²) in [6.07, 6.45) is 10.5. The lowest BCUT2D eigenvalue weighted by Gasteiger charge is -2.26. The largest absolute Gasteiger partial charge is 0.353 e. The van der Waals surface area contributed by atoms with Crippen LogP contribution in [0.5, 0.6) is 0 Å². The van der Waals surface area contributed by atoms with Gasteiger partial charge in [0, 0.05) is 19.1 Å². The zero-order valence-electron chi connectivity index (χ0n) is 11.8. The number of carbonyl (C=O) groups is 2. The van der Waals surface area contributed by atoms with Crippen LogP contribution in [-0.4, -0.2) is 35.8 Å². The smallest absolute Gasteiger partial charge is 0.232 e. The van der Waals surface area contributed by atoms with Gasteiger partial charge in [-0.3, -0.25) is 9.59 Å². The summed E-state index contributed by atoms with van der Waals surface area (Å²) in [5, 5.41) is 3.04. The van der Waals surface area contributed by atoms with Crippen LogP contribution < -0.4 is 5.32 Å². The molecule has 4 nitrogen and oxygen atoms in total. The van der Waals surface area contributed by atoms with E-state index in [0.29, 0.717) is 6.04 Å². The molecule has 0 bridgehead atoms. The third-order valence-corrected chi connectivity index (χ3v) is 4.24. The number of hydrogen-bond donors (Lipinski definition) is 1. The summed E-state index contributed by atoms with van der Waals surface area (Å²) >= 11 is 0. The molecule has 0 spiro atoms. The summed E-state index contributed by atoms with van der Waals surface area (Å²) in [5.74, 6) is -0.0757. The standard InChI is InChI=1S/C15H26N2O2/c18-14(16-13-8-4-1-2-5-9-13)12-15(19)17-10-6-3-7-11-17/h13H,1-12H2,(H,16,18). The van der Waals surface area contributed by atoms with Crippen molar-refractivity contribution in [1.82, 2.24) is 10.2 Å². The normalized spacial score (nSPS) is 21.8. The van der Waals surface area contributed by atoms with E-state index in [-0.39, 0.29) is 18.2 Å². The van der Waals surface area contributed by atoms with E-state index < -0.39 is 0 Å². The Kier molecular flexibility index (Phi) is 5.67. The molecule has 1 heterocycles. The van der Waals surface area contributed by atoms with Gasteiger partial charge in [0.15, 0.2) is 0 Å². The van der Waals surface area contributed by atoms with Gasteiger partial charge in [-0.1, -0.05) is 25.7 Å². The molecule has 0 aromatic rings. The van der Waals surface area contributed by atoms with Crippen molar-refractivity contribution in [2.45, 2.75) is 70.3 Å². The van der Waals surface area contributed by atoms with E-state index >= 15 is 0 Å². The zero-order chi connectivity index (χ0) is 13.5. The lowest BCUT2D eigenvalue weighted by atomic mass is 10.1. The maximum absolute atomic E-state index is 12.0. The molecule has 1 saturated heterocycles. The summed E-state index contributed by atoms with van der Waals surface area (Å²) in [4.78, 5) is 25.7. The maximum atomic E-state index is 12.0. The van der Waals surface area contributed by atoms with E-state index in [4.69, 9.17) is 0 Å². The van der Waals surface area contributed by atoms with Crippen LogP contribution in [0.1, 0.15) is 64.2 Å². The molecule has 0 radical (unpaired) electrons. The van der Waals surface area contributed by atoms with Gasteiger partial charge < -0.3 is 10.2 Å². The Balaban J connectivity index is 1.71. The second-order valence-electron chi connectivity index (χ2n) is 5.87. The third-order valence-electron chi connectivity index (χ3n) is 4.24. The monoisotopic (exact) mass is 266 g/mol. The molecule has 0 atom stereocenters. The average molecular weight is 266 g/mol. The molecule has 108 valence electrons. The molecule has 0 unspecified atom stereocenters. The SMILES string of the molecule is O=C(CC(=O)N1CCCCC1)NC1CCCCCC1. The van der Waals surface area contributed by atoms with Gasteiger partial charge in [-0.2, -0.15) is 0 Å². The zero-order valence-corrected chi connectivity index (χ0v) is 11.8. The van der Waals surface area contributed by atoms with Gasteiger partial charge >= 0.3 is 0 Å². The number of hydrogen-bond acceptors (Lipinski definition) is 2. The predicted molar refractivity (Wildman–Crippen MR) is 74.7 cm³/mol. The Morgan fingerprint density at radius 2 is 1.47 bits per heavy atom. The van der Waals surface area contributed by atoms with Crippen LogP contribution in [0.15, 0.2) is 0 Å². The minimum absolute atomic E-state index is 0.00539. The number of carbonyl (C=O) groups excluding carboxylic acids is 2. The average Bonchev–Trinajstić information content (AvgIpc) is 2.68. The van der Waals surface area contributed by atoms with Crippen molar-refractivity contribution in [2.24, 2.45) is 0 Å². The Labute approximate surface area is 115 Å². The highest BCUT2D eigenvalue weighted by Crippen LogP contribution is 2.17. The number of piperidine rings is 1. The van der Waals surface area contributed by atoms with Gasteiger partial charge in [0.1, 0.15) is 6.42 Å². The lowest BCUT2D eigenvalue weighted by molar-refractivity contribution is -0.137. The Morgan fingerprint density at radius 3 is 2.11 bits per heavy atom. The van der Waals surface area contributed by atoms with Crippen molar-refractivity contribution in [3.8, 4) is 0 Å². The highest BCUT2D eigenvalue weighted by molar-refractivity contribution is 5.97. The van der Waals surface area contributed by atoms with E-state index in [9.17, 15) is 9.59 Å². The van der Waals surface area contributed by atoms with E-state index in [1.807, 2.05) is 4.90 Å². The molecule has 1 N–H and O–H groups in total. The summed E-state index contributed by atoms with van der Waals surface area (Å²) in [5.41, 5.74) is 0. The van der Waals surface area contributed by atoms with Crippen molar-refractivity contribution in [2.75, 3.05) is 13.1 Å². The van der Waals surface area contributed by atoms with E-state index in [1.54, 1.807) is 0 Å². The Hall–Kier alpha value is -1.06. The Morgan fingerprint density at radius 1 is 0.895 bits per heavy atom. The fourth-order valence-electron chi connectivity index (χ4n) is 3.09. The van der Waals surface area contributed by atoms with Gasteiger partial charge in [0.2, 0.25) is 11.8 Å². The molecule has 2 fully saturated rings. The molecular weight excluding hydrogens is 240 g/mol. The molecular formula is C15H26N2O2. The van der Waals surface area contributed by atoms with Gasteiger partial charge in [-0.05, 0) is 32.1 Å². The Bertz CT molecular complexity index is 303. The molecule has 0 aromatic heterocycles. The van der Waals surface area contributed by atoms with Gasteiger partial charge in [-0.15, -0.1) is 0 Å². The molecule has 2 amide bonds. The molecule has 19 heavy (non-hydrogen) atoms. The first-order valence-corrected chi connectivity index (χ1v) is 7.83. The second-order valence-corrected chi connectivity index (χ2v) is 5.87. The number of amides is 2. The molecule has 1 aliphatic carbocycles. The van der Waals surface area contributed by atoms with Crippen molar-refractivity contribution in [3.63, 3.8) is 0 Å². The number of rotatable bonds is 3. The maximum Gasteiger partial charge on any atom is 0.232 e. The topological polar surface area (TPSA) is 49.4 Å². The summed E-state index contributed by atoms with van der Waals surface area (Å²) in [6.45, 7) is 1.66. The second kappa shape index (κ2) is 7.51. The molecule has 2 aliphatic rings. The van der Waals surface area contributed by atoms with Crippen LogP contribution in [0.4, 0.5) is 0 Å². The highest BCUT2D eigenvalue weighted by Gasteiger charge is 2.21. The molecule has 2 rings (SSSR count). The van der Waals surface area contributed by atoms with Gasteiger partial charge in [-0.25, -0.2) is 0 Å². The van der Waals surface area contributed by atoms with Crippen molar-refractivity contribution in [1.29, 1.82) is 0 Å². The van der Waals surface area contributed by atoms with Crippen LogP contribution in [0.2, 0.25) is 0 Å². The summed E-state index contributed by atoms with van der Waals surface area (Å²) in [6, 6.07) is 0.296. The number of nitrogens with one attached hydrogen (secondary N) is 1. The van der Waals surface area contributed by atoms with Crippen LogP contribution in [0.25, 0.3) is 0 Å². The van der Waals surface area contributed by atoms with Gasteiger partial charge in [0.05, 0.1) is 0 Å². The summed E-state index contributed by atoms with van der Waals surface area (Å²) in [7, 11) is 0. The number of likely N-dealkylation sites (tertiary alicyclic amines) is 1. The van der Waals surface area contributed by atoms with Crippen LogP contribution in [0.3, 0.4) is 0 Å². The first-order chi connectivity index (χ1) is 9.25. The van der Waals surface area contributed by atoms with Gasteiger partial charge in [0.25, 0.3) is 0 Å². The van der Waals surface area contributed by atoms with E-state index in [1.165, 1.54) is 32.1 Å². The fraction of sp³-hybridized carbons (Fsp3) is 0.867. The third kappa shape index (κ3) is 4.84. The molecule has 1 saturated carbocycles. The van der Waals surface area contributed by atoms with Crippen molar-refractivity contribution >= 4 is 11.8 Å². The number of nitrogens with zero attached hydrogens (tertiary/aromatic N) is 1. The summed E-state index contributed by atoms with van der Waals surface area (Å²) < 4.78 is 0. The minimum Gasteiger partial charge on any atom is -0.353 e. The first-order valence-electron chi connectivity index (χ1n) is 7.83. The fourth-order valence-corrected chi connectivity index (χ4v) is 3.09. The molecule has 4 heteroatoms. The van der Waals surface area contributed by atoms with Crippen LogP contribution in [0, 0.1) is 0 Å². The highest BCUT2D eigenvalue weighted by atomic mass is 16.2. The van der Waals surface area contributed by atoms with Crippen LogP contribution in [-0.2, 0) is 9.59 Å². The minimum atomic E-state index is -0.0810. The van der Waals surface area contributed by atoms with Crippen LogP contribution >= 0.6 is 0 Å². The van der Waals surface area contributed by atoms with E-state index in [2.05, 4.69) is 5.32 Å². The van der Waals surface area contributed by atoms with Crippen molar-refractivity contribution in [3.05, 3.63) is 0 Å². The molecule has 0 aromatic carbocycles. The molecule has 1 aliphatic heterocycles. The predicted octanol–water partition coefficient (Wildman–Crippen LogP) is 2.23. The van der Waals surface area contributed by atoms with E-state index in [0.717, 1.165) is 38.8 Å². The quantitative estimate of drug-likeness (QED) is 0.629. The van der Waals surface area contributed by atoms with Crippen molar-refractivity contribution < 1.29 is 9.59 Å². The first kappa shape index (κ1) is 14.4.